The SMILES string of the molecule is COc1cc(C2Nc3ccc(C(=N)N)cc3C3c4ccccc4CC23)c(-c2ccc(C(F)(F)F)cc2C(F)(F)F)cc1O. The third-order valence-corrected chi connectivity index (χ3v) is 8.34. The van der Waals surface area contributed by atoms with Crippen LogP contribution in [0.25, 0.3) is 11.1 Å². The second-order valence-corrected chi connectivity index (χ2v) is 10.7. The summed E-state index contributed by atoms with van der Waals surface area (Å²) in [6, 6.07) is 16.4. The molecule has 6 rings (SSSR count). The largest absolute Gasteiger partial charge is 0.504 e. The van der Waals surface area contributed by atoms with Crippen LogP contribution in [0, 0.1) is 11.3 Å². The summed E-state index contributed by atoms with van der Waals surface area (Å²) in [5.74, 6) is -1.03. The number of aromatic hydroxyl groups is 1. The Morgan fingerprint density at radius 2 is 1.63 bits per heavy atom. The van der Waals surface area contributed by atoms with E-state index in [1.165, 1.54) is 13.2 Å². The lowest BCUT2D eigenvalue weighted by Crippen LogP contribution is -2.31. The highest BCUT2D eigenvalue weighted by atomic mass is 19.4. The molecule has 43 heavy (non-hydrogen) atoms. The number of ether oxygens (including phenoxy) is 1. The molecule has 3 atom stereocenters. The zero-order valence-corrected chi connectivity index (χ0v) is 22.6. The minimum absolute atomic E-state index is 0.00538. The van der Waals surface area contributed by atoms with Gasteiger partial charge >= 0.3 is 12.4 Å². The molecule has 0 saturated carbocycles. The zero-order valence-electron chi connectivity index (χ0n) is 22.6. The molecule has 4 aromatic rings. The second-order valence-electron chi connectivity index (χ2n) is 10.7. The van der Waals surface area contributed by atoms with Crippen molar-refractivity contribution in [2.45, 2.75) is 30.7 Å². The number of hydrogen-bond donors (Lipinski definition) is 4. The summed E-state index contributed by atoms with van der Waals surface area (Å²) in [6.45, 7) is 0. The maximum absolute atomic E-state index is 14.3. The van der Waals surface area contributed by atoms with E-state index in [0.29, 0.717) is 29.3 Å². The first-order valence-corrected chi connectivity index (χ1v) is 13.3. The number of nitrogens with one attached hydrogen (secondary N) is 2. The van der Waals surface area contributed by atoms with Crippen LogP contribution in [0.1, 0.15) is 50.9 Å². The fraction of sp³-hybridized carbons (Fsp3) is 0.219. The summed E-state index contributed by atoms with van der Waals surface area (Å²) in [7, 11) is 1.30. The maximum atomic E-state index is 14.3. The van der Waals surface area contributed by atoms with Crippen molar-refractivity contribution in [3.05, 3.63) is 112 Å². The van der Waals surface area contributed by atoms with E-state index < -0.39 is 40.8 Å². The van der Waals surface area contributed by atoms with E-state index in [-0.39, 0.29) is 35.1 Å². The highest BCUT2D eigenvalue weighted by molar-refractivity contribution is 5.96. The maximum Gasteiger partial charge on any atom is 0.417 e. The van der Waals surface area contributed by atoms with Gasteiger partial charge in [0.25, 0.3) is 0 Å². The summed E-state index contributed by atoms with van der Waals surface area (Å²) < 4.78 is 88.7. The number of rotatable bonds is 4. The van der Waals surface area contributed by atoms with E-state index in [4.69, 9.17) is 15.9 Å². The summed E-state index contributed by atoms with van der Waals surface area (Å²) in [5.41, 5.74) is 6.77. The van der Waals surface area contributed by atoms with Gasteiger partial charge in [-0.1, -0.05) is 30.3 Å². The standard InChI is InChI=1S/C32H25F6N3O2/c1-43-27-14-21(20(13-26(27)42)19-8-7-17(31(33,34)35)12-24(19)32(36,37)38)29-23-10-15-4-2-3-5-18(15)28(23)22-11-16(30(39)40)6-9-25(22)41-29/h2-9,11-14,23,28-29,41-42H,10H2,1H3,(H3,39,40). The van der Waals surface area contributed by atoms with Crippen molar-refractivity contribution in [2.24, 2.45) is 11.7 Å². The van der Waals surface area contributed by atoms with Gasteiger partial charge in [0.2, 0.25) is 0 Å². The Balaban J connectivity index is 1.60. The molecule has 0 radical (unpaired) electrons. The molecule has 0 fully saturated rings. The second kappa shape index (κ2) is 9.96. The van der Waals surface area contributed by atoms with Gasteiger partial charge in [0.15, 0.2) is 11.5 Å². The molecule has 0 amide bonds. The normalized spacial score (nSPS) is 19.2. The Labute approximate surface area is 242 Å². The molecule has 1 heterocycles. The van der Waals surface area contributed by atoms with E-state index in [1.807, 2.05) is 30.3 Å². The molecule has 3 unspecified atom stereocenters. The molecule has 5 nitrogen and oxygen atoms in total. The number of phenols is 1. The number of phenolic OH excluding ortho intramolecular Hbond substituents is 1. The Bertz CT molecular complexity index is 1770. The fourth-order valence-corrected chi connectivity index (χ4v) is 6.46. The average molecular weight is 598 g/mol. The van der Waals surface area contributed by atoms with Crippen molar-refractivity contribution in [3.63, 3.8) is 0 Å². The molecule has 4 aromatic carbocycles. The van der Waals surface area contributed by atoms with Crippen LogP contribution < -0.4 is 15.8 Å². The van der Waals surface area contributed by atoms with E-state index in [0.717, 1.165) is 28.8 Å². The molecule has 0 aromatic heterocycles. The van der Waals surface area contributed by atoms with Gasteiger partial charge in [0.1, 0.15) is 5.84 Å². The number of nitrogen functional groups attached to an aromatic ring is 1. The molecule has 11 heteroatoms. The molecule has 1 aliphatic heterocycles. The van der Waals surface area contributed by atoms with Crippen molar-refractivity contribution in [2.75, 3.05) is 12.4 Å². The molecule has 0 bridgehead atoms. The van der Waals surface area contributed by atoms with Gasteiger partial charge in [-0.3, -0.25) is 5.41 Å². The summed E-state index contributed by atoms with van der Waals surface area (Å²) in [4.78, 5) is 0. The number of halogens is 6. The summed E-state index contributed by atoms with van der Waals surface area (Å²) in [6.07, 6.45) is -9.56. The predicted molar refractivity (Wildman–Crippen MR) is 149 cm³/mol. The molecule has 5 N–H and O–H groups in total. The zero-order chi connectivity index (χ0) is 30.8. The third-order valence-electron chi connectivity index (χ3n) is 8.34. The van der Waals surface area contributed by atoms with E-state index in [1.54, 1.807) is 12.1 Å². The molecule has 0 saturated heterocycles. The molecule has 2 aliphatic rings. The van der Waals surface area contributed by atoms with Gasteiger partial charge in [0, 0.05) is 17.2 Å². The van der Waals surface area contributed by atoms with Gasteiger partial charge in [-0.2, -0.15) is 26.3 Å². The average Bonchev–Trinajstić information content (AvgIpc) is 3.35. The van der Waals surface area contributed by atoms with Crippen molar-refractivity contribution >= 4 is 11.5 Å². The van der Waals surface area contributed by atoms with E-state index in [2.05, 4.69) is 5.32 Å². The Kier molecular flexibility index (Phi) is 6.59. The predicted octanol–water partition coefficient (Wildman–Crippen LogP) is 7.86. The van der Waals surface area contributed by atoms with Crippen LogP contribution in [-0.2, 0) is 18.8 Å². The third kappa shape index (κ3) is 4.82. The lowest BCUT2D eigenvalue weighted by molar-refractivity contribution is -0.142. The molecule has 222 valence electrons. The quantitative estimate of drug-likeness (QED) is 0.110. The van der Waals surface area contributed by atoms with Crippen LogP contribution >= 0.6 is 0 Å². The number of fused-ring (bicyclic) bond motifs is 5. The van der Waals surface area contributed by atoms with Crippen molar-refractivity contribution in [3.8, 4) is 22.6 Å². The van der Waals surface area contributed by atoms with Gasteiger partial charge in [0.05, 0.1) is 24.3 Å². The topological polar surface area (TPSA) is 91.4 Å². The number of amidine groups is 1. The summed E-state index contributed by atoms with van der Waals surface area (Å²) in [5, 5.41) is 22.1. The molecular weight excluding hydrogens is 572 g/mol. The van der Waals surface area contributed by atoms with Crippen LogP contribution in [0.3, 0.4) is 0 Å². The van der Waals surface area contributed by atoms with E-state index >= 15 is 0 Å². The first-order chi connectivity index (χ1) is 20.3. The number of alkyl halides is 6. The Morgan fingerprint density at radius 3 is 2.30 bits per heavy atom. The highest BCUT2D eigenvalue weighted by Crippen LogP contribution is 2.56. The molecule has 1 aliphatic carbocycles. The first-order valence-electron chi connectivity index (χ1n) is 13.3. The minimum atomic E-state index is -5.12. The van der Waals surface area contributed by atoms with E-state index in [9.17, 15) is 31.4 Å². The number of hydrogen-bond acceptors (Lipinski definition) is 4. The molecular formula is C32H25F6N3O2. The lowest BCUT2D eigenvalue weighted by atomic mass is 9.73. The lowest BCUT2D eigenvalue weighted by Gasteiger charge is -2.39. The van der Waals surface area contributed by atoms with Crippen LogP contribution in [0.2, 0.25) is 0 Å². The first kappa shape index (κ1) is 28.4. The number of nitrogens with two attached hydrogens (primary N) is 1. The van der Waals surface area contributed by atoms with Crippen LogP contribution in [-0.4, -0.2) is 18.1 Å². The van der Waals surface area contributed by atoms with Crippen molar-refractivity contribution in [1.29, 1.82) is 5.41 Å². The number of methoxy groups -OCH3 is 1. The monoisotopic (exact) mass is 597 g/mol. The van der Waals surface area contributed by atoms with Crippen LogP contribution in [0.5, 0.6) is 11.5 Å². The van der Waals surface area contributed by atoms with Gasteiger partial charge in [-0.25, -0.2) is 0 Å². The van der Waals surface area contributed by atoms with Crippen LogP contribution in [0.4, 0.5) is 32.0 Å². The summed E-state index contributed by atoms with van der Waals surface area (Å²) >= 11 is 0. The number of anilines is 1. The van der Waals surface area contributed by atoms with Gasteiger partial charge in [-0.05, 0) is 88.2 Å². The van der Waals surface area contributed by atoms with Gasteiger partial charge in [-0.15, -0.1) is 0 Å². The molecule has 0 spiro atoms. The minimum Gasteiger partial charge on any atom is -0.504 e. The van der Waals surface area contributed by atoms with Crippen molar-refractivity contribution < 1.29 is 36.2 Å². The highest BCUT2D eigenvalue weighted by Gasteiger charge is 2.45. The fourth-order valence-electron chi connectivity index (χ4n) is 6.46. The number of benzene rings is 4. The van der Waals surface area contributed by atoms with Gasteiger partial charge < -0.3 is 20.9 Å². The Morgan fingerprint density at radius 1 is 0.884 bits per heavy atom. The van der Waals surface area contributed by atoms with Crippen molar-refractivity contribution in [1.82, 2.24) is 0 Å². The Hall–Kier alpha value is -4.67. The smallest absolute Gasteiger partial charge is 0.417 e. The van der Waals surface area contributed by atoms with Crippen LogP contribution in [0.15, 0.2) is 72.8 Å².